The van der Waals surface area contributed by atoms with Crippen molar-refractivity contribution in [2.24, 2.45) is 4.99 Å². The number of hydrogen-bond donors (Lipinski definition) is 2. The highest BCUT2D eigenvalue weighted by atomic mass is 79.9. The zero-order valence-corrected chi connectivity index (χ0v) is 17.9. The van der Waals surface area contributed by atoms with Crippen LogP contribution < -0.4 is 10.6 Å². The maximum atomic E-state index is 13.8. The Morgan fingerprint density at radius 1 is 1.32 bits per heavy atom. The van der Waals surface area contributed by atoms with Crippen LogP contribution in [0.25, 0.3) is 0 Å². The number of aliphatic imine (C=N–C) groups is 1. The average Bonchev–Trinajstić information content (AvgIpc) is 2.52. The number of nitrogens with zero attached hydrogens (tertiary/aromatic N) is 1. The van der Waals surface area contributed by atoms with Crippen molar-refractivity contribution in [1.82, 2.24) is 10.6 Å². The molecular formula is C18H29BrFN3OS. The summed E-state index contributed by atoms with van der Waals surface area (Å²) in [6, 6.07) is 5.14. The highest BCUT2D eigenvalue weighted by Crippen LogP contribution is 2.16. The van der Waals surface area contributed by atoms with Crippen LogP contribution in [0.4, 0.5) is 4.39 Å². The molecule has 0 saturated heterocycles. The Kier molecular flexibility index (Phi) is 9.64. The first-order valence-electron chi connectivity index (χ1n) is 8.58. The van der Waals surface area contributed by atoms with Crippen LogP contribution in [-0.2, 0) is 17.2 Å². The van der Waals surface area contributed by atoms with E-state index in [-0.39, 0.29) is 10.6 Å². The number of hydrogen-bond acceptors (Lipinski definition) is 2. The van der Waals surface area contributed by atoms with E-state index in [1.165, 1.54) is 6.07 Å². The molecule has 0 radical (unpaired) electrons. The second kappa shape index (κ2) is 10.9. The Morgan fingerprint density at radius 3 is 2.64 bits per heavy atom. The normalized spacial score (nSPS) is 13.6. The van der Waals surface area contributed by atoms with Crippen LogP contribution in [0.1, 0.15) is 39.7 Å². The molecule has 2 N–H and O–H groups in total. The summed E-state index contributed by atoms with van der Waals surface area (Å²) in [7, 11) is -0.885. The van der Waals surface area contributed by atoms with Gasteiger partial charge in [0.2, 0.25) is 0 Å². The Morgan fingerprint density at radius 2 is 2.04 bits per heavy atom. The van der Waals surface area contributed by atoms with Crippen LogP contribution in [0, 0.1) is 5.82 Å². The second-order valence-corrected chi connectivity index (χ2v) is 9.93. The summed E-state index contributed by atoms with van der Waals surface area (Å²) in [6.45, 7) is 9.90. The zero-order chi connectivity index (χ0) is 18.9. The average molecular weight is 434 g/mol. The van der Waals surface area contributed by atoms with Crippen molar-refractivity contribution < 1.29 is 8.60 Å². The minimum atomic E-state index is -0.885. The molecule has 142 valence electrons. The molecule has 0 amide bonds. The van der Waals surface area contributed by atoms with Crippen molar-refractivity contribution in [3.05, 3.63) is 34.1 Å². The molecule has 0 bridgehead atoms. The molecule has 0 fully saturated rings. The molecule has 0 heterocycles. The van der Waals surface area contributed by atoms with Crippen LogP contribution in [-0.4, -0.2) is 40.3 Å². The van der Waals surface area contributed by atoms with Crippen molar-refractivity contribution in [2.75, 3.05) is 25.4 Å². The van der Waals surface area contributed by atoms with Gasteiger partial charge in [-0.2, -0.15) is 0 Å². The molecule has 0 saturated carbocycles. The van der Waals surface area contributed by atoms with Gasteiger partial charge in [-0.05, 0) is 58.2 Å². The van der Waals surface area contributed by atoms with Gasteiger partial charge in [-0.25, -0.2) is 4.39 Å². The number of aryl methyl sites for hydroxylation is 1. The van der Waals surface area contributed by atoms with E-state index in [4.69, 9.17) is 0 Å². The van der Waals surface area contributed by atoms with Crippen LogP contribution in [0.3, 0.4) is 0 Å². The second-order valence-electron chi connectivity index (χ2n) is 6.69. The first-order valence-corrected chi connectivity index (χ1v) is 10.7. The number of halogens is 2. The van der Waals surface area contributed by atoms with Crippen LogP contribution in [0.15, 0.2) is 27.7 Å². The van der Waals surface area contributed by atoms with Gasteiger partial charge in [0, 0.05) is 45.4 Å². The van der Waals surface area contributed by atoms with Crippen molar-refractivity contribution >= 4 is 32.7 Å². The molecule has 0 aliphatic carbocycles. The molecule has 1 aromatic carbocycles. The third-order valence-electron chi connectivity index (χ3n) is 3.50. The smallest absolute Gasteiger partial charge is 0.191 e. The fourth-order valence-electron chi connectivity index (χ4n) is 2.09. The number of rotatable bonds is 8. The molecule has 0 aliphatic rings. The largest absolute Gasteiger partial charge is 0.357 e. The first-order chi connectivity index (χ1) is 11.7. The van der Waals surface area contributed by atoms with Gasteiger partial charge in [0.1, 0.15) is 5.82 Å². The zero-order valence-electron chi connectivity index (χ0n) is 15.5. The lowest BCUT2D eigenvalue weighted by atomic mass is 10.1. The third kappa shape index (κ3) is 8.81. The monoisotopic (exact) mass is 433 g/mol. The van der Waals surface area contributed by atoms with Crippen LogP contribution >= 0.6 is 15.9 Å². The van der Waals surface area contributed by atoms with Gasteiger partial charge in [-0.15, -0.1) is 0 Å². The van der Waals surface area contributed by atoms with E-state index in [1.807, 2.05) is 33.8 Å². The van der Waals surface area contributed by atoms with E-state index in [9.17, 15) is 8.60 Å². The Bertz CT molecular complexity index is 602. The molecule has 4 nitrogen and oxygen atoms in total. The Labute approximate surface area is 161 Å². The molecule has 0 spiro atoms. The van der Waals surface area contributed by atoms with Gasteiger partial charge in [-0.1, -0.05) is 22.0 Å². The van der Waals surface area contributed by atoms with Gasteiger partial charge in [-0.3, -0.25) is 9.20 Å². The van der Waals surface area contributed by atoms with Crippen molar-refractivity contribution in [1.29, 1.82) is 0 Å². The van der Waals surface area contributed by atoms with E-state index >= 15 is 0 Å². The molecule has 7 heteroatoms. The predicted octanol–water partition coefficient (Wildman–Crippen LogP) is 3.62. The summed E-state index contributed by atoms with van der Waals surface area (Å²) >= 11 is 3.26. The summed E-state index contributed by atoms with van der Waals surface area (Å²) in [5.41, 5.74) is 0.705. The fraction of sp³-hybridized carbons (Fsp3) is 0.611. The van der Waals surface area contributed by atoms with Gasteiger partial charge >= 0.3 is 0 Å². The van der Waals surface area contributed by atoms with Gasteiger partial charge in [0.05, 0.1) is 0 Å². The van der Waals surface area contributed by atoms with Gasteiger partial charge in [0.25, 0.3) is 0 Å². The molecule has 1 aromatic rings. The van der Waals surface area contributed by atoms with E-state index in [2.05, 4.69) is 31.6 Å². The lowest BCUT2D eigenvalue weighted by molar-refractivity contribution is 0.604. The SMILES string of the molecule is CCNC(=NCCCc1ccc(Br)cc1F)NCCS(=O)C(C)(C)C. The summed E-state index contributed by atoms with van der Waals surface area (Å²) in [4.78, 5) is 4.50. The van der Waals surface area contributed by atoms with Crippen molar-refractivity contribution in [2.45, 2.75) is 45.3 Å². The number of nitrogens with one attached hydrogen (secondary N) is 2. The standard InChI is InChI=1S/C18H29BrFN3OS/c1-5-21-17(23-11-12-25(24)18(2,3)4)22-10-6-7-14-8-9-15(19)13-16(14)20/h8-9,13H,5-7,10-12H2,1-4H3,(H2,21,22,23). The topological polar surface area (TPSA) is 53.5 Å². The van der Waals surface area contributed by atoms with Gasteiger partial charge in [0.15, 0.2) is 5.96 Å². The lowest BCUT2D eigenvalue weighted by Crippen LogP contribution is -2.40. The summed E-state index contributed by atoms with van der Waals surface area (Å²) in [5, 5.41) is 6.38. The lowest BCUT2D eigenvalue weighted by Gasteiger charge is -2.18. The Balaban J connectivity index is 2.43. The van der Waals surface area contributed by atoms with Crippen LogP contribution in [0.2, 0.25) is 0 Å². The molecule has 1 unspecified atom stereocenters. The van der Waals surface area contributed by atoms with Crippen molar-refractivity contribution in [3.63, 3.8) is 0 Å². The fourth-order valence-corrected chi connectivity index (χ4v) is 3.33. The third-order valence-corrected chi connectivity index (χ3v) is 5.93. The van der Waals surface area contributed by atoms with Crippen molar-refractivity contribution in [3.8, 4) is 0 Å². The van der Waals surface area contributed by atoms with Crippen LogP contribution in [0.5, 0.6) is 0 Å². The van der Waals surface area contributed by atoms with E-state index in [1.54, 1.807) is 6.07 Å². The quantitative estimate of drug-likeness (QED) is 0.373. The van der Waals surface area contributed by atoms with Gasteiger partial charge < -0.3 is 10.6 Å². The van der Waals surface area contributed by atoms with E-state index < -0.39 is 10.8 Å². The maximum Gasteiger partial charge on any atom is 0.191 e. The van der Waals surface area contributed by atoms with E-state index in [0.29, 0.717) is 36.8 Å². The first kappa shape index (κ1) is 22.1. The molecule has 25 heavy (non-hydrogen) atoms. The maximum absolute atomic E-state index is 13.8. The summed E-state index contributed by atoms with van der Waals surface area (Å²) in [6.07, 6.45) is 1.42. The molecular weight excluding hydrogens is 405 g/mol. The van der Waals surface area contributed by atoms with E-state index in [0.717, 1.165) is 17.4 Å². The molecule has 1 rings (SSSR count). The molecule has 1 atom stereocenters. The number of guanidine groups is 1. The predicted molar refractivity (Wildman–Crippen MR) is 109 cm³/mol. The molecule has 0 aromatic heterocycles. The minimum Gasteiger partial charge on any atom is -0.357 e. The summed E-state index contributed by atoms with van der Waals surface area (Å²) < 4.78 is 26.4. The highest BCUT2D eigenvalue weighted by Gasteiger charge is 2.18. The Hall–Kier alpha value is -0.950. The minimum absolute atomic E-state index is 0.187. The molecule has 0 aliphatic heterocycles. The highest BCUT2D eigenvalue weighted by molar-refractivity contribution is 9.10. The summed E-state index contributed by atoms with van der Waals surface area (Å²) in [5.74, 6) is 1.11. The number of benzene rings is 1.